The van der Waals surface area contributed by atoms with Gasteiger partial charge in [-0.3, -0.25) is 4.79 Å². The lowest BCUT2D eigenvalue weighted by Gasteiger charge is -2.01. The molecule has 4 heteroatoms. The van der Waals surface area contributed by atoms with Crippen LogP contribution in [0.15, 0.2) is 40.2 Å². The Labute approximate surface area is 98.7 Å². The minimum atomic E-state index is -0.504. The molecular formula is C11H6BrFOS. The molecule has 0 fully saturated rings. The number of carbonyl (C=O) groups is 1. The number of benzene rings is 1. The van der Waals surface area contributed by atoms with E-state index in [1.807, 2.05) is 0 Å². The summed E-state index contributed by atoms with van der Waals surface area (Å²) in [4.78, 5) is 12.4. The van der Waals surface area contributed by atoms with Crippen LogP contribution in [0.5, 0.6) is 0 Å². The Morgan fingerprint density at radius 3 is 2.73 bits per heavy atom. The number of hydrogen-bond donors (Lipinski definition) is 0. The molecule has 2 rings (SSSR count). The van der Waals surface area contributed by atoms with E-state index < -0.39 is 5.82 Å². The maximum absolute atomic E-state index is 13.6. The van der Waals surface area contributed by atoms with Crippen LogP contribution in [0.25, 0.3) is 0 Å². The zero-order chi connectivity index (χ0) is 10.8. The van der Waals surface area contributed by atoms with Gasteiger partial charge in [0.05, 0.1) is 14.9 Å². The molecule has 0 bridgehead atoms. The van der Waals surface area contributed by atoms with E-state index in [-0.39, 0.29) is 11.3 Å². The molecule has 0 spiro atoms. The van der Waals surface area contributed by atoms with Gasteiger partial charge in [0.2, 0.25) is 5.78 Å². The quantitative estimate of drug-likeness (QED) is 0.765. The molecule has 0 unspecified atom stereocenters. The van der Waals surface area contributed by atoms with Crippen LogP contribution in [0, 0.1) is 5.82 Å². The summed E-state index contributed by atoms with van der Waals surface area (Å²) in [5, 5.41) is 1.79. The monoisotopic (exact) mass is 284 g/mol. The lowest BCUT2D eigenvalue weighted by atomic mass is 10.1. The smallest absolute Gasteiger partial charge is 0.205 e. The van der Waals surface area contributed by atoms with Gasteiger partial charge in [-0.2, -0.15) is 0 Å². The van der Waals surface area contributed by atoms with Crippen molar-refractivity contribution in [2.75, 3.05) is 0 Å². The zero-order valence-electron chi connectivity index (χ0n) is 7.54. The van der Waals surface area contributed by atoms with Crippen molar-refractivity contribution in [3.05, 3.63) is 56.4 Å². The van der Waals surface area contributed by atoms with E-state index in [1.165, 1.54) is 17.4 Å². The molecule has 1 aromatic carbocycles. The van der Waals surface area contributed by atoms with Gasteiger partial charge in [-0.25, -0.2) is 4.39 Å². The molecule has 1 aromatic heterocycles. The van der Waals surface area contributed by atoms with Gasteiger partial charge in [0.25, 0.3) is 0 Å². The lowest BCUT2D eigenvalue weighted by molar-refractivity contribution is 0.103. The van der Waals surface area contributed by atoms with Crippen LogP contribution in [-0.2, 0) is 0 Å². The Morgan fingerprint density at radius 2 is 2.07 bits per heavy atom. The summed E-state index contributed by atoms with van der Waals surface area (Å²) in [5.74, 6) is -0.778. The van der Waals surface area contributed by atoms with Gasteiger partial charge in [0.15, 0.2) is 0 Å². The predicted octanol–water partition coefficient (Wildman–Crippen LogP) is 3.88. The maximum atomic E-state index is 13.6. The number of carbonyl (C=O) groups excluding carboxylic acids is 1. The van der Waals surface area contributed by atoms with E-state index in [4.69, 9.17) is 0 Å². The number of halogens is 2. The molecule has 0 aliphatic heterocycles. The summed E-state index contributed by atoms with van der Waals surface area (Å²) in [6.07, 6.45) is 0. The minimum absolute atomic E-state index is 0.104. The minimum Gasteiger partial charge on any atom is -0.288 e. The van der Waals surface area contributed by atoms with E-state index in [9.17, 15) is 9.18 Å². The van der Waals surface area contributed by atoms with Crippen LogP contribution in [0.2, 0.25) is 0 Å². The fourth-order valence-corrected chi connectivity index (χ4v) is 2.26. The van der Waals surface area contributed by atoms with Gasteiger partial charge in [0.1, 0.15) is 5.82 Å². The molecule has 2 aromatic rings. The van der Waals surface area contributed by atoms with Crippen molar-refractivity contribution in [2.24, 2.45) is 0 Å². The van der Waals surface area contributed by atoms with Crippen molar-refractivity contribution >= 4 is 33.0 Å². The van der Waals surface area contributed by atoms with Crippen LogP contribution >= 0.6 is 27.3 Å². The topological polar surface area (TPSA) is 17.1 Å². The molecule has 0 saturated carbocycles. The van der Waals surface area contributed by atoms with Crippen LogP contribution < -0.4 is 0 Å². The molecule has 0 aliphatic carbocycles. The second-order valence-corrected chi connectivity index (χ2v) is 4.71. The van der Waals surface area contributed by atoms with Crippen LogP contribution in [0.1, 0.15) is 15.2 Å². The molecule has 0 saturated heterocycles. The highest BCUT2D eigenvalue weighted by atomic mass is 79.9. The van der Waals surface area contributed by atoms with E-state index in [0.29, 0.717) is 9.35 Å². The van der Waals surface area contributed by atoms with Crippen LogP contribution in [-0.4, -0.2) is 5.78 Å². The third-order valence-electron chi connectivity index (χ3n) is 1.94. The summed E-state index contributed by atoms with van der Waals surface area (Å²) in [6, 6.07) is 8.16. The average molecular weight is 285 g/mol. The molecule has 1 nitrogen and oxygen atoms in total. The summed E-state index contributed by atoms with van der Waals surface area (Å²) in [5.41, 5.74) is 0.104. The molecule has 0 amide bonds. The van der Waals surface area contributed by atoms with E-state index in [0.717, 1.165) is 0 Å². The standard InChI is InChI=1S/C11H6BrFOS/c12-8-4-1-3-7(10(8)13)11(14)9-5-2-6-15-9/h1-6H. The van der Waals surface area contributed by atoms with Crippen LogP contribution in [0.3, 0.4) is 0 Å². The van der Waals surface area contributed by atoms with Crippen molar-refractivity contribution in [3.63, 3.8) is 0 Å². The summed E-state index contributed by atoms with van der Waals surface area (Å²) in [7, 11) is 0. The Morgan fingerprint density at radius 1 is 1.27 bits per heavy atom. The fraction of sp³-hybridized carbons (Fsp3) is 0. The Balaban J connectivity index is 2.47. The zero-order valence-corrected chi connectivity index (χ0v) is 9.94. The fourth-order valence-electron chi connectivity index (χ4n) is 1.22. The van der Waals surface area contributed by atoms with Crippen molar-refractivity contribution < 1.29 is 9.18 Å². The van der Waals surface area contributed by atoms with Crippen molar-refractivity contribution in [1.29, 1.82) is 0 Å². The molecule has 0 atom stereocenters. The summed E-state index contributed by atoms with van der Waals surface area (Å²) < 4.78 is 13.9. The van der Waals surface area contributed by atoms with E-state index in [2.05, 4.69) is 15.9 Å². The summed E-state index contributed by atoms with van der Waals surface area (Å²) >= 11 is 4.36. The average Bonchev–Trinajstić information content (AvgIpc) is 2.74. The third kappa shape index (κ3) is 2.01. The molecule has 0 N–H and O–H groups in total. The molecule has 1 heterocycles. The largest absolute Gasteiger partial charge is 0.288 e. The van der Waals surface area contributed by atoms with Gasteiger partial charge in [-0.15, -0.1) is 11.3 Å². The predicted molar refractivity (Wildman–Crippen MR) is 61.9 cm³/mol. The first kappa shape index (κ1) is 10.5. The Kier molecular flexibility index (Phi) is 2.98. The normalized spacial score (nSPS) is 10.3. The second kappa shape index (κ2) is 4.24. The SMILES string of the molecule is O=C(c1cccs1)c1cccc(Br)c1F. The molecule has 0 aliphatic rings. The summed E-state index contributed by atoms with van der Waals surface area (Å²) in [6.45, 7) is 0. The van der Waals surface area contributed by atoms with E-state index in [1.54, 1.807) is 29.6 Å². The van der Waals surface area contributed by atoms with Gasteiger partial charge < -0.3 is 0 Å². The second-order valence-electron chi connectivity index (χ2n) is 2.91. The van der Waals surface area contributed by atoms with Gasteiger partial charge >= 0.3 is 0 Å². The molecule has 76 valence electrons. The molecule has 0 radical (unpaired) electrons. The Bertz CT molecular complexity index is 493. The Hall–Kier alpha value is -1.000. The lowest BCUT2D eigenvalue weighted by Crippen LogP contribution is -2.02. The first-order valence-corrected chi connectivity index (χ1v) is 5.89. The number of rotatable bonds is 2. The van der Waals surface area contributed by atoms with E-state index >= 15 is 0 Å². The van der Waals surface area contributed by atoms with Gasteiger partial charge in [0, 0.05) is 0 Å². The molecule has 15 heavy (non-hydrogen) atoms. The highest BCUT2D eigenvalue weighted by Crippen LogP contribution is 2.22. The highest BCUT2D eigenvalue weighted by Gasteiger charge is 2.16. The van der Waals surface area contributed by atoms with Crippen molar-refractivity contribution in [2.45, 2.75) is 0 Å². The first-order valence-electron chi connectivity index (χ1n) is 4.22. The number of hydrogen-bond acceptors (Lipinski definition) is 2. The van der Waals surface area contributed by atoms with Crippen LogP contribution in [0.4, 0.5) is 4.39 Å². The van der Waals surface area contributed by atoms with Gasteiger partial charge in [-0.05, 0) is 39.5 Å². The first-order chi connectivity index (χ1) is 7.20. The van der Waals surface area contributed by atoms with Crippen molar-refractivity contribution in [1.82, 2.24) is 0 Å². The van der Waals surface area contributed by atoms with Crippen molar-refractivity contribution in [3.8, 4) is 0 Å². The third-order valence-corrected chi connectivity index (χ3v) is 3.42. The van der Waals surface area contributed by atoms with Gasteiger partial charge in [-0.1, -0.05) is 12.1 Å². The highest BCUT2D eigenvalue weighted by molar-refractivity contribution is 9.10. The maximum Gasteiger partial charge on any atom is 0.205 e. The molecular weight excluding hydrogens is 279 g/mol. The number of thiophene rings is 1. The number of ketones is 1.